The van der Waals surface area contributed by atoms with Gasteiger partial charge in [-0.3, -0.25) is 9.78 Å². The van der Waals surface area contributed by atoms with Gasteiger partial charge in [-0.1, -0.05) is 11.6 Å². The zero-order valence-electron chi connectivity index (χ0n) is 10.6. The minimum Gasteiger partial charge on any atom is -0.346 e. The van der Waals surface area contributed by atoms with Crippen LogP contribution in [0.15, 0.2) is 18.5 Å². The molecule has 0 aliphatic carbocycles. The standard InChI is InChI=1S/C12H18ClN3O/c1-12(2,8-16(3)4)15-11(17)9-5-10(13)7-14-6-9/h5-7H,8H2,1-4H3,(H,15,17). The predicted octanol–water partition coefficient (Wildman–Crippen LogP) is 1.80. The summed E-state index contributed by atoms with van der Waals surface area (Å²) in [5.74, 6) is -0.160. The number of carbonyl (C=O) groups excluding carboxylic acids is 1. The van der Waals surface area contributed by atoms with E-state index < -0.39 is 0 Å². The van der Waals surface area contributed by atoms with Crippen LogP contribution in [0.25, 0.3) is 0 Å². The highest BCUT2D eigenvalue weighted by Gasteiger charge is 2.22. The molecule has 0 unspecified atom stereocenters. The highest BCUT2D eigenvalue weighted by molar-refractivity contribution is 6.30. The molecule has 17 heavy (non-hydrogen) atoms. The number of rotatable bonds is 4. The number of nitrogens with zero attached hydrogens (tertiary/aromatic N) is 2. The highest BCUT2D eigenvalue weighted by Crippen LogP contribution is 2.10. The van der Waals surface area contributed by atoms with Gasteiger partial charge in [0.15, 0.2) is 0 Å². The van der Waals surface area contributed by atoms with Crippen LogP contribution in [-0.4, -0.2) is 42.0 Å². The number of aromatic nitrogens is 1. The van der Waals surface area contributed by atoms with Crippen LogP contribution in [0, 0.1) is 0 Å². The molecule has 1 rings (SSSR count). The summed E-state index contributed by atoms with van der Waals surface area (Å²) in [7, 11) is 3.93. The van der Waals surface area contributed by atoms with Gasteiger partial charge in [0.05, 0.1) is 10.6 Å². The Labute approximate surface area is 107 Å². The van der Waals surface area contributed by atoms with E-state index in [1.165, 1.54) is 12.4 Å². The lowest BCUT2D eigenvalue weighted by molar-refractivity contribution is 0.0899. The maximum atomic E-state index is 12.0. The van der Waals surface area contributed by atoms with Crippen molar-refractivity contribution in [1.29, 1.82) is 0 Å². The Morgan fingerprint density at radius 3 is 2.65 bits per heavy atom. The molecule has 1 N–H and O–H groups in total. The fourth-order valence-corrected chi connectivity index (χ4v) is 1.92. The SMILES string of the molecule is CN(C)CC(C)(C)NC(=O)c1cncc(Cl)c1. The summed E-state index contributed by atoms with van der Waals surface area (Å²) in [4.78, 5) is 17.9. The molecule has 1 amide bonds. The van der Waals surface area contributed by atoms with Crippen LogP contribution in [0.2, 0.25) is 5.02 Å². The lowest BCUT2D eigenvalue weighted by atomic mass is 10.0. The summed E-state index contributed by atoms with van der Waals surface area (Å²) in [6.45, 7) is 4.71. The molecule has 0 aromatic carbocycles. The molecule has 0 aliphatic heterocycles. The first kappa shape index (κ1) is 13.9. The number of amides is 1. The molecular weight excluding hydrogens is 238 g/mol. The first-order chi connectivity index (χ1) is 7.80. The maximum Gasteiger partial charge on any atom is 0.253 e. The summed E-state index contributed by atoms with van der Waals surface area (Å²) in [5.41, 5.74) is 0.174. The Bertz CT molecular complexity index is 404. The van der Waals surface area contributed by atoms with Gasteiger partial charge < -0.3 is 10.2 Å². The summed E-state index contributed by atoms with van der Waals surface area (Å²) in [6, 6.07) is 1.61. The largest absolute Gasteiger partial charge is 0.346 e. The van der Waals surface area contributed by atoms with E-state index in [1.54, 1.807) is 6.07 Å². The predicted molar refractivity (Wildman–Crippen MR) is 69.3 cm³/mol. The molecule has 1 heterocycles. The molecular formula is C12H18ClN3O. The fourth-order valence-electron chi connectivity index (χ4n) is 1.75. The third kappa shape index (κ3) is 4.71. The van der Waals surface area contributed by atoms with E-state index in [0.29, 0.717) is 10.6 Å². The van der Waals surface area contributed by atoms with Crippen molar-refractivity contribution in [2.24, 2.45) is 0 Å². The highest BCUT2D eigenvalue weighted by atomic mass is 35.5. The van der Waals surface area contributed by atoms with E-state index in [4.69, 9.17) is 11.6 Å². The van der Waals surface area contributed by atoms with Gasteiger partial charge in [-0.15, -0.1) is 0 Å². The third-order valence-corrected chi connectivity index (χ3v) is 2.34. The molecule has 4 nitrogen and oxygen atoms in total. The van der Waals surface area contributed by atoms with Crippen molar-refractivity contribution in [1.82, 2.24) is 15.2 Å². The minimum absolute atomic E-state index is 0.160. The smallest absolute Gasteiger partial charge is 0.253 e. The number of halogens is 1. The molecule has 0 atom stereocenters. The van der Waals surface area contributed by atoms with E-state index in [0.717, 1.165) is 6.54 Å². The van der Waals surface area contributed by atoms with Crippen LogP contribution >= 0.6 is 11.6 Å². The molecule has 94 valence electrons. The van der Waals surface area contributed by atoms with Gasteiger partial charge in [-0.25, -0.2) is 0 Å². The number of hydrogen-bond donors (Lipinski definition) is 1. The van der Waals surface area contributed by atoms with Gasteiger partial charge in [0, 0.05) is 24.5 Å². The van der Waals surface area contributed by atoms with Crippen LogP contribution < -0.4 is 5.32 Å². The summed E-state index contributed by atoms with van der Waals surface area (Å²) >= 11 is 5.79. The molecule has 0 spiro atoms. The van der Waals surface area contributed by atoms with E-state index >= 15 is 0 Å². The van der Waals surface area contributed by atoms with E-state index in [2.05, 4.69) is 10.3 Å². The van der Waals surface area contributed by atoms with Crippen LogP contribution in [0.1, 0.15) is 24.2 Å². The van der Waals surface area contributed by atoms with Gasteiger partial charge >= 0.3 is 0 Å². The first-order valence-electron chi connectivity index (χ1n) is 5.38. The average molecular weight is 256 g/mol. The Morgan fingerprint density at radius 1 is 1.47 bits per heavy atom. The van der Waals surface area contributed by atoms with E-state index in [1.807, 2.05) is 32.8 Å². The Morgan fingerprint density at radius 2 is 2.12 bits per heavy atom. The van der Waals surface area contributed by atoms with Gasteiger partial charge in [0.25, 0.3) is 5.91 Å². The average Bonchev–Trinajstić information content (AvgIpc) is 2.14. The molecule has 1 aromatic rings. The quantitative estimate of drug-likeness (QED) is 0.893. The van der Waals surface area contributed by atoms with E-state index in [-0.39, 0.29) is 11.4 Å². The Kier molecular flexibility index (Phi) is 4.48. The van der Waals surface area contributed by atoms with Crippen molar-refractivity contribution >= 4 is 17.5 Å². The second kappa shape index (κ2) is 5.47. The van der Waals surface area contributed by atoms with Gasteiger partial charge in [-0.2, -0.15) is 0 Å². The van der Waals surface area contributed by atoms with Crippen LogP contribution in [0.4, 0.5) is 0 Å². The molecule has 1 aromatic heterocycles. The topological polar surface area (TPSA) is 45.2 Å². The van der Waals surface area contributed by atoms with Crippen molar-refractivity contribution in [3.8, 4) is 0 Å². The van der Waals surface area contributed by atoms with Gasteiger partial charge in [-0.05, 0) is 34.0 Å². The van der Waals surface area contributed by atoms with Crippen molar-refractivity contribution < 1.29 is 4.79 Å². The minimum atomic E-state index is -0.303. The molecule has 5 heteroatoms. The molecule has 0 radical (unpaired) electrons. The number of hydrogen-bond acceptors (Lipinski definition) is 3. The zero-order chi connectivity index (χ0) is 13.1. The van der Waals surface area contributed by atoms with Gasteiger partial charge in [0.2, 0.25) is 0 Å². The Hall–Kier alpha value is -1.13. The molecule has 0 saturated heterocycles. The second-order valence-electron chi connectivity index (χ2n) is 4.97. The normalized spacial score (nSPS) is 11.6. The van der Waals surface area contributed by atoms with Crippen molar-refractivity contribution in [3.05, 3.63) is 29.0 Å². The van der Waals surface area contributed by atoms with Crippen LogP contribution in [0.3, 0.4) is 0 Å². The van der Waals surface area contributed by atoms with Crippen LogP contribution in [0.5, 0.6) is 0 Å². The third-order valence-electron chi connectivity index (χ3n) is 2.13. The molecule has 0 fully saturated rings. The summed E-state index contributed by atoms with van der Waals surface area (Å²) < 4.78 is 0. The van der Waals surface area contributed by atoms with Crippen molar-refractivity contribution in [2.75, 3.05) is 20.6 Å². The summed E-state index contributed by atoms with van der Waals surface area (Å²) in [6.07, 6.45) is 3.01. The van der Waals surface area contributed by atoms with Gasteiger partial charge in [0.1, 0.15) is 0 Å². The Balaban J connectivity index is 2.72. The first-order valence-corrected chi connectivity index (χ1v) is 5.76. The van der Waals surface area contributed by atoms with Crippen LogP contribution in [-0.2, 0) is 0 Å². The lowest BCUT2D eigenvalue weighted by Crippen LogP contribution is -2.50. The number of likely N-dealkylation sites (N-methyl/N-ethyl adjacent to an activating group) is 1. The summed E-state index contributed by atoms with van der Waals surface area (Å²) in [5, 5.41) is 3.41. The number of carbonyl (C=O) groups is 1. The number of nitrogens with one attached hydrogen (secondary N) is 1. The van der Waals surface area contributed by atoms with Crippen molar-refractivity contribution in [2.45, 2.75) is 19.4 Å². The monoisotopic (exact) mass is 255 g/mol. The maximum absolute atomic E-state index is 12.0. The molecule has 0 saturated carbocycles. The number of pyridine rings is 1. The fraction of sp³-hybridized carbons (Fsp3) is 0.500. The lowest BCUT2D eigenvalue weighted by Gasteiger charge is -2.29. The zero-order valence-corrected chi connectivity index (χ0v) is 11.4. The molecule has 0 bridgehead atoms. The van der Waals surface area contributed by atoms with E-state index in [9.17, 15) is 4.79 Å². The molecule has 0 aliphatic rings. The second-order valence-corrected chi connectivity index (χ2v) is 5.40. The van der Waals surface area contributed by atoms with Crippen molar-refractivity contribution in [3.63, 3.8) is 0 Å².